The molecule has 0 amide bonds. The molecule has 0 aliphatic heterocycles. The third kappa shape index (κ3) is 2.73. The number of aromatic nitrogens is 1. The maximum Gasteiger partial charge on any atom is 0.164 e. The van der Waals surface area contributed by atoms with Crippen molar-refractivity contribution in [1.29, 1.82) is 0 Å². The number of Topliss-reactive ketones (excluding diaryl/α,β-unsaturated/α-hetero) is 1. The van der Waals surface area contributed by atoms with Crippen molar-refractivity contribution < 1.29 is 4.79 Å². The summed E-state index contributed by atoms with van der Waals surface area (Å²) in [6.45, 7) is 3.40. The van der Waals surface area contributed by atoms with Crippen LogP contribution in [0.1, 0.15) is 23.0 Å². The molecule has 1 heterocycles. The molecule has 3 nitrogen and oxygen atoms in total. The summed E-state index contributed by atoms with van der Waals surface area (Å²) in [6.07, 6.45) is 0. The Labute approximate surface area is 112 Å². The molecule has 0 spiro atoms. The molecule has 0 fully saturated rings. The highest BCUT2D eigenvalue weighted by Gasteiger charge is 2.14. The Morgan fingerprint density at radius 2 is 2.24 bits per heavy atom. The van der Waals surface area contributed by atoms with E-state index in [1.165, 1.54) is 11.5 Å². The Kier molecular flexibility index (Phi) is 3.59. The fourth-order valence-electron chi connectivity index (χ4n) is 1.57. The quantitative estimate of drug-likeness (QED) is 0.865. The second kappa shape index (κ2) is 4.98. The summed E-state index contributed by atoms with van der Waals surface area (Å²) >= 11 is 4.72. The van der Waals surface area contributed by atoms with Crippen LogP contribution in [0.3, 0.4) is 0 Å². The van der Waals surface area contributed by atoms with E-state index in [-0.39, 0.29) is 5.78 Å². The van der Waals surface area contributed by atoms with Gasteiger partial charge in [-0.15, -0.1) is 0 Å². The zero-order valence-electron chi connectivity index (χ0n) is 9.45. The largest absolute Gasteiger partial charge is 0.345 e. The highest BCUT2D eigenvalue weighted by Crippen LogP contribution is 2.29. The predicted octanol–water partition coefficient (Wildman–Crippen LogP) is 4.16. The van der Waals surface area contributed by atoms with Crippen LogP contribution in [0.5, 0.6) is 0 Å². The van der Waals surface area contributed by atoms with Crippen LogP contribution in [0.4, 0.5) is 10.7 Å². The van der Waals surface area contributed by atoms with E-state index >= 15 is 0 Å². The second-order valence-corrected chi connectivity index (χ2v) is 5.35. The Morgan fingerprint density at radius 3 is 2.88 bits per heavy atom. The third-order valence-corrected chi connectivity index (χ3v) is 3.64. The van der Waals surface area contributed by atoms with Crippen LogP contribution in [-0.4, -0.2) is 10.2 Å². The average Bonchev–Trinajstić information content (AvgIpc) is 2.59. The Hall–Kier alpha value is -1.20. The molecule has 0 unspecified atom stereocenters. The van der Waals surface area contributed by atoms with Crippen molar-refractivity contribution in [3.8, 4) is 0 Å². The molecule has 1 N–H and O–H groups in total. The molecule has 0 radical (unpaired) electrons. The van der Waals surface area contributed by atoms with Gasteiger partial charge in [0.05, 0.1) is 11.3 Å². The van der Waals surface area contributed by atoms with Crippen molar-refractivity contribution in [2.75, 3.05) is 5.32 Å². The van der Waals surface area contributed by atoms with Gasteiger partial charge < -0.3 is 5.32 Å². The summed E-state index contributed by atoms with van der Waals surface area (Å²) in [6, 6.07) is 7.80. The summed E-state index contributed by atoms with van der Waals surface area (Å²) < 4.78 is 5.20. The van der Waals surface area contributed by atoms with E-state index in [1.54, 1.807) is 6.92 Å². The first kappa shape index (κ1) is 12.3. The number of nitrogens with one attached hydrogen (secondary N) is 1. The van der Waals surface area contributed by atoms with Gasteiger partial charge in [0.1, 0.15) is 5.00 Å². The van der Waals surface area contributed by atoms with Gasteiger partial charge in [-0.25, -0.2) is 0 Å². The number of hydrogen-bond acceptors (Lipinski definition) is 4. The standard InChI is InChI=1S/C12H11BrN2OS/c1-7-11(8(2)16)12(17-15-7)14-10-5-3-4-9(13)6-10/h3-6,14H,1-2H3. The van der Waals surface area contributed by atoms with Crippen molar-refractivity contribution in [3.63, 3.8) is 0 Å². The van der Waals surface area contributed by atoms with Crippen LogP contribution >= 0.6 is 27.5 Å². The van der Waals surface area contributed by atoms with Crippen molar-refractivity contribution in [2.45, 2.75) is 13.8 Å². The number of aryl methyl sites for hydroxylation is 1. The minimum absolute atomic E-state index is 0.0359. The highest BCUT2D eigenvalue weighted by molar-refractivity contribution is 9.10. The van der Waals surface area contributed by atoms with Crippen LogP contribution < -0.4 is 5.32 Å². The first-order chi connectivity index (χ1) is 8.08. The number of benzene rings is 1. The van der Waals surface area contributed by atoms with Gasteiger partial charge in [-0.3, -0.25) is 4.79 Å². The molecule has 0 saturated heterocycles. The van der Waals surface area contributed by atoms with Gasteiger partial charge in [0.2, 0.25) is 0 Å². The molecule has 2 rings (SSSR count). The third-order valence-electron chi connectivity index (χ3n) is 2.30. The van der Waals surface area contributed by atoms with Gasteiger partial charge in [-0.1, -0.05) is 22.0 Å². The highest BCUT2D eigenvalue weighted by atomic mass is 79.9. The molecule has 88 valence electrons. The van der Waals surface area contributed by atoms with E-state index < -0.39 is 0 Å². The zero-order chi connectivity index (χ0) is 12.4. The molecular weight excluding hydrogens is 300 g/mol. The number of rotatable bonds is 3. The van der Waals surface area contributed by atoms with Gasteiger partial charge in [0.15, 0.2) is 5.78 Å². The molecular formula is C12H11BrN2OS. The van der Waals surface area contributed by atoms with Gasteiger partial charge in [-0.05, 0) is 43.6 Å². The monoisotopic (exact) mass is 310 g/mol. The van der Waals surface area contributed by atoms with Crippen molar-refractivity contribution in [3.05, 3.63) is 40.0 Å². The molecule has 17 heavy (non-hydrogen) atoms. The van der Waals surface area contributed by atoms with E-state index in [0.717, 1.165) is 20.9 Å². The second-order valence-electron chi connectivity index (χ2n) is 3.66. The van der Waals surface area contributed by atoms with E-state index in [1.807, 2.05) is 31.2 Å². The van der Waals surface area contributed by atoms with Crippen LogP contribution in [0.2, 0.25) is 0 Å². The summed E-state index contributed by atoms with van der Waals surface area (Å²) in [5.41, 5.74) is 2.39. The van der Waals surface area contributed by atoms with Gasteiger partial charge >= 0.3 is 0 Å². The fourth-order valence-corrected chi connectivity index (χ4v) is 2.83. The molecule has 2 aromatic rings. The SMILES string of the molecule is CC(=O)c1c(C)nsc1Nc1cccc(Br)c1. The molecule has 0 bridgehead atoms. The van der Waals surface area contributed by atoms with Crippen molar-refractivity contribution >= 4 is 43.9 Å². The number of ketones is 1. The van der Waals surface area contributed by atoms with Crippen molar-refractivity contribution in [2.24, 2.45) is 0 Å². The molecule has 0 aliphatic carbocycles. The molecule has 5 heteroatoms. The van der Waals surface area contributed by atoms with Crippen LogP contribution in [0.15, 0.2) is 28.7 Å². The Morgan fingerprint density at radius 1 is 1.47 bits per heavy atom. The summed E-state index contributed by atoms with van der Waals surface area (Å²) in [4.78, 5) is 11.5. The van der Waals surface area contributed by atoms with E-state index in [0.29, 0.717) is 5.56 Å². The van der Waals surface area contributed by atoms with Gasteiger partial charge in [0.25, 0.3) is 0 Å². The topological polar surface area (TPSA) is 42.0 Å². The summed E-state index contributed by atoms with van der Waals surface area (Å²) in [7, 11) is 0. The van der Waals surface area contributed by atoms with E-state index in [2.05, 4.69) is 25.6 Å². The average molecular weight is 311 g/mol. The van der Waals surface area contributed by atoms with Crippen molar-refractivity contribution in [1.82, 2.24) is 4.37 Å². The molecule has 1 aromatic heterocycles. The lowest BCUT2D eigenvalue weighted by Gasteiger charge is -2.05. The fraction of sp³-hybridized carbons (Fsp3) is 0.167. The molecule has 1 aromatic carbocycles. The smallest absolute Gasteiger partial charge is 0.164 e. The minimum Gasteiger partial charge on any atom is -0.345 e. The first-order valence-electron chi connectivity index (χ1n) is 5.07. The number of halogens is 1. The minimum atomic E-state index is 0.0359. The Balaban J connectivity index is 2.33. The number of carbonyl (C=O) groups excluding carboxylic acids is 1. The molecule has 0 aliphatic rings. The van der Waals surface area contributed by atoms with Crippen LogP contribution in [-0.2, 0) is 0 Å². The molecule has 0 atom stereocenters. The maximum atomic E-state index is 11.5. The summed E-state index contributed by atoms with van der Waals surface area (Å²) in [5, 5.41) is 4.02. The number of carbonyl (C=O) groups is 1. The van der Waals surface area contributed by atoms with Gasteiger partial charge in [-0.2, -0.15) is 4.37 Å². The van der Waals surface area contributed by atoms with Crippen LogP contribution in [0.25, 0.3) is 0 Å². The maximum absolute atomic E-state index is 11.5. The van der Waals surface area contributed by atoms with Crippen LogP contribution in [0, 0.1) is 6.92 Å². The lowest BCUT2D eigenvalue weighted by atomic mass is 10.2. The van der Waals surface area contributed by atoms with E-state index in [9.17, 15) is 4.79 Å². The van der Waals surface area contributed by atoms with E-state index in [4.69, 9.17) is 0 Å². The lowest BCUT2D eigenvalue weighted by Crippen LogP contribution is -1.98. The number of anilines is 2. The first-order valence-corrected chi connectivity index (χ1v) is 6.64. The summed E-state index contributed by atoms with van der Waals surface area (Å²) in [5.74, 6) is 0.0359. The van der Waals surface area contributed by atoms with Gasteiger partial charge in [0, 0.05) is 10.2 Å². The zero-order valence-corrected chi connectivity index (χ0v) is 11.9. The number of hydrogen-bond donors (Lipinski definition) is 1. The Bertz CT molecular complexity index is 565. The normalized spacial score (nSPS) is 10.3. The number of nitrogens with zero attached hydrogens (tertiary/aromatic N) is 1. The lowest BCUT2D eigenvalue weighted by molar-refractivity contribution is 0.101. The predicted molar refractivity (Wildman–Crippen MR) is 74.3 cm³/mol. The molecule has 0 saturated carbocycles.